The highest BCUT2D eigenvalue weighted by atomic mass is 16.5. The maximum Gasteiger partial charge on any atom is 0.118 e. The van der Waals surface area contributed by atoms with Crippen molar-refractivity contribution in [3.8, 4) is 5.75 Å². The van der Waals surface area contributed by atoms with Crippen LogP contribution in [0.2, 0.25) is 0 Å². The second-order valence-corrected chi connectivity index (χ2v) is 6.90. The summed E-state index contributed by atoms with van der Waals surface area (Å²) in [6.45, 7) is 11.0. The molecule has 0 unspecified atom stereocenters. The molecule has 3 atom stereocenters. The summed E-state index contributed by atoms with van der Waals surface area (Å²) in [6, 6.07) is 9.17. The van der Waals surface area contributed by atoms with Crippen LogP contribution in [0.4, 0.5) is 0 Å². The van der Waals surface area contributed by atoms with Gasteiger partial charge in [-0.2, -0.15) is 5.10 Å². The second-order valence-electron chi connectivity index (χ2n) is 6.90. The molecule has 24 heavy (non-hydrogen) atoms. The van der Waals surface area contributed by atoms with E-state index in [2.05, 4.69) is 57.2 Å². The van der Waals surface area contributed by atoms with Gasteiger partial charge in [-0.15, -0.1) is 0 Å². The third-order valence-corrected chi connectivity index (χ3v) is 5.11. The summed E-state index contributed by atoms with van der Waals surface area (Å²) in [5.41, 5.74) is 5.09. The van der Waals surface area contributed by atoms with Gasteiger partial charge < -0.3 is 10.1 Å². The molecule has 0 bridgehead atoms. The fraction of sp³-hybridized carbons (Fsp3) is 0.550. The topological polar surface area (TPSA) is 39.1 Å². The highest BCUT2D eigenvalue weighted by Crippen LogP contribution is 2.23. The van der Waals surface area contributed by atoms with E-state index in [1.165, 1.54) is 16.8 Å². The molecule has 1 aromatic carbocycles. The van der Waals surface area contributed by atoms with E-state index in [1.807, 2.05) is 23.9 Å². The van der Waals surface area contributed by atoms with E-state index in [0.29, 0.717) is 18.0 Å². The van der Waals surface area contributed by atoms with E-state index in [1.54, 1.807) is 7.11 Å². The molecule has 0 saturated carbocycles. The molecule has 0 aliphatic rings. The van der Waals surface area contributed by atoms with Gasteiger partial charge in [0.2, 0.25) is 0 Å². The summed E-state index contributed by atoms with van der Waals surface area (Å²) >= 11 is 0. The van der Waals surface area contributed by atoms with E-state index in [0.717, 1.165) is 17.9 Å². The zero-order valence-electron chi connectivity index (χ0n) is 16.1. The number of aromatic nitrogens is 2. The molecule has 4 heteroatoms. The van der Waals surface area contributed by atoms with Crippen molar-refractivity contribution in [3.63, 3.8) is 0 Å². The van der Waals surface area contributed by atoms with Gasteiger partial charge in [-0.05, 0) is 63.3 Å². The zero-order valence-corrected chi connectivity index (χ0v) is 16.1. The Labute approximate surface area is 146 Å². The summed E-state index contributed by atoms with van der Waals surface area (Å²) in [5, 5.41) is 8.27. The van der Waals surface area contributed by atoms with Crippen LogP contribution >= 0.6 is 0 Å². The molecule has 1 aromatic heterocycles. The Morgan fingerprint density at radius 3 is 2.25 bits per heavy atom. The minimum Gasteiger partial charge on any atom is -0.497 e. The van der Waals surface area contributed by atoms with Crippen molar-refractivity contribution in [3.05, 3.63) is 46.8 Å². The van der Waals surface area contributed by atoms with Crippen molar-refractivity contribution in [2.45, 2.75) is 59.0 Å². The van der Waals surface area contributed by atoms with Crippen LogP contribution in [0.3, 0.4) is 0 Å². The first kappa shape index (κ1) is 18.5. The van der Waals surface area contributed by atoms with Gasteiger partial charge in [-0.25, -0.2) is 0 Å². The molecule has 0 saturated heterocycles. The minimum absolute atomic E-state index is 0.394. The molecule has 2 aromatic rings. The van der Waals surface area contributed by atoms with Crippen molar-refractivity contribution < 1.29 is 4.74 Å². The number of ether oxygens (including phenoxy) is 1. The molecule has 0 amide bonds. The van der Waals surface area contributed by atoms with Gasteiger partial charge in [0.05, 0.1) is 12.8 Å². The number of rotatable bonds is 7. The highest BCUT2D eigenvalue weighted by Gasteiger charge is 2.18. The lowest BCUT2D eigenvalue weighted by Gasteiger charge is -2.26. The molecule has 4 nitrogen and oxygen atoms in total. The Hall–Kier alpha value is -1.81. The predicted molar refractivity (Wildman–Crippen MR) is 99.9 cm³/mol. The third kappa shape index (κ3) is 4.18. The number of hydrogen-bond donors (Lipinski definition) is 1. The number of benzene rings is 1. The zero-order chi connectivity index (χ0) is 17.9. The summed E-state index contributed by atoms with van der Waals surface area (Å²) in [6.07, 6.45) is 1.01. The largest absolute Gasteiger partial charge is 0.497 e. The van der Waals surface area contributed by atoms with Gasteiger partial charge >= 0.3 is 0 Å². The second kappa shape index (κ2) is 7.84. The van der Waals surface area contributed by atoms with Gasteiger partial charge in [0.15, 0.2) is 0 Å². The normalized spacial score (nSPS) is 15.1. The SMILES string of the molecule is COc1ccc([C@H](C)[C@H](C)N[C@H](C)Cc2c(C)nn(C)c2C)cc1. The van der Waals surface area contributed by atoms with Crippen LogP contribution in [0.5, 0.6) is 5.75 Å². The fourth-order valence-electron chi connectivity index (χ4n) is 3.27. The van der Waals surface area contributed by atoms with Crippen LogP contribution in [0.25, 0.3) is 0 Å². The van der Waals surface area contributed by atoms with E-state index < -0.39 is 0 Å². The summed E-state index contributed by atoms with van der Waals surface area (Å²) in [7, 11) is 3.71. The smallest absolute Gasteiger partial charge is 0.118 e. The summed E-state index contributed by atoms with van der Waals surface area (Å²) < 4.78 is 7.21. The predicted octanol–water partition coefficient (Wildman–Crippen LogP) is 3.76. The molecular formula is C20H31N3O. The Bertz CT molecular complexity index is 660. The van der Waals surface area contributed by atoms with Crippen LogP contribution in [0, 0.1) is 13.8 Å². The standard InChI is InChI=1S/C20H31N3O/c1-13(12-20-16(4)22-23(6)17(20)5)21-15(3)14(2)18-8-10-19(24-7)11-9-18/h8-11,13-15,21H,12H2,1-7H3/t13-,14-,15+/m1/s1. The van der Waals surface area contributed by atoms with Crippen LogP contribution in [0.15, 0.2) is 24.3 Å². The van der Waals surface area contributed by atoms with E-state index in [4.69, 9.17) is 4.74 Å². The number of nitrogens with one attached hydrogen (secondary N) is 1. The van der Waals surface area contributed by atoms with Crippen molar-refractivity contribution in [1.29, 1.82) is 0 Å². The average Bonchev–Trinajstić information content (AvgIpc) is 2.80. The Morgan fingerprint density at radius 1 is 1.12 bits per heavy atom. The molecular weight excluding hydrogens is 298 g/mol. The Kier molecular flexibility index (Phi) is 6.05. The first-order valence-electron chi connectivity index (χ1n) is 8.72. The lowest BCUT2D eigenvalue weighted by Crippen LogP contribution is -2.39. The maximum absolute atomic E-state index is 5.24. The highest BCUT2D eigenvalue weighted by molar-refractivity contribution is 5.30. The Balaban J connectivity index is 1.98. The molecule has 0 aliphatic heterocycles. The first-order valence-corrected chi connectivity index (χ1v) is 8.72. The van der Waals surface area contributed by atoms with Gasteiger partial charge in [-0.3, -0.25) is 4.68 Å². The van der Waals surface area contributed by atoms with Crippen molar-refractivity contribution in [1.82, 2.24) is 15.1 Å². The quantitative estimate of drug-likeness (QED) is 0.841. The lowest BCUT2D eigenvalue weighted by molar-refractivity contribution is 0.411. The van der Waals surface area contributed by atoms with E-state index in [9.17, 15) is 0 Å². The lowest BCUT2D eigenvalue weighted by atomic mass is 9.93. The van der Waals surface area contributed by atoms with Gasteiger partial charge in [0.1, 0.15) is 5.75 Å². The van der Waals surface area contributed by atoms with Gasteiger partial charge in [0, 0.05) is 24.8 Å². The number of nitrogens with zero attached hydrogens (tertiary/aromatic N) is 2. The van der Waals surface area contributed by atoms with Crippen molar-refractivity contribution in [2.75, 3.05) is 7.11 Å². The molecule has 2 rings (SSSR count). The molecule has 132 valence electrons. The van der Waals surface area contributed by atoms with Crippen LogP contribution in [0.1, 0.15) is 49.2 Å². The number of hydrogen-bond acceptors (Lipinski definition) is 3. The van der Waals surface area contributed by atoms with E-state index in [-0.39, 0.29) is 0 Å². The third-order valence-electron chi connectivity index (χ3n) is 5.11. The number of aryl methyl sites for hydroxylation is 2. The molecule has 0 fully saturated rings. The van der Waals surface area contributed by atoms with Crippen LogP contribution in [-0.2, 0) is 13.5 Å². The average molecular weight is 329 g/mol. The monoisotopic (exact) mass is 329 g/mol. The van der Waals surface area contributed by atoms with Gasteiger partial charge in [-0.1, -0.05) is 19.1 Å². The molecule has 1 N–H and O–H groups in total. The van der Waals surface area contributed by atoms with Crippen LogP contribution in [-0.4, -0.2) is 29.0 Å². The van der Waals surface area contributed by atoms with Crippen LogP contribution < -0.4 is 10.1 Å². The maximum atomic E-state index is 5.24. The fourth-order valence-corrected chi connectivity index (χ4v) is 3.27. The molecule has 1 heterocycles. The Morgan fingerprint density at radius 2 is 1.75 bits per heavy atom. The molecule has 0 aliphatic carbocycles. The summed E-state index contributed by atoms with van der Waals surface area (Å²) in [5.74, 6) is 1.34. The van der Waals surface area contributed by atoms with Gasteiger partial charge in [0.25, 0.3) is 0 Å². The minimum atomic E-state index is 0.394. The summed E-state index contributed by atoms with van der Waals surface area (Å²) in [4.78, 5) is 0. The van der Waals surface area contributed by atoms with Crippen molar-refractivity contribution >= 4 is 0 Å². The molecule has 0 radical (unpaired) electrons. The number of methoxy groups -OCH3 is 1. The first-order chi connectivity index (χ1) is 11.3. The van der Waals surface area contributed by atoms with Crippen molar-refractivity contribution in [2.24, 2.45) is 7.05 Å². The molecule has 0 spiro atoms. The van der Waals surface area contributed by atoms with E-state index >= 15 is 0 Å².